The molecule has 4 heteroatoms. The van der Waals surface area contributed by atoms with Crippen LogP contribution in [0.5, 0.6) is 0 Å². The predicted molar refractivity (Wildman–Crippen MR) is 260 cm³/mol. The molecule has 0 fully saturated rings. The van der Waals surface area contributed by atoms with Gasteiger partial charge in [0.1, 0.15) is 0 Å². The van der Waals surface area contributed by atoms with E-state index in [0.717, 1.165) is 44.5 Å². The fraction of sp³-hybridized carbons (Fsp3) is 0. The van der Waals surface area contributed by atoms with Crippen LogP contribution in [0.15, 0.2) is 218 Å². The zero-order valence-corrected chi connectivity index (χ0v) is 33.6. The number of nitrogens with zero attached hydrogens (tertiary/aromatic N) is 4. The van der Waals surface area contributed by atoms with Crippen molar-refractivity contribution in [2.24, 2.45) is 0 Å². The number of benzene rings is 10. The van der Waals surface area contributed by atoms with Crippen molar-refractivity contribution in [2.75, 3.05) is 0 Å². The number of hydrogen-bond acceptors (Lipinski definition) is 2. The highest BCUT2D eigenvalue weighted by Crippen LogP contribution is 2.43. The minimum atomic E-state index is 0.706. The second-order valence-corrected chi connectivity index (χ2v) is 16.2. The standard InChI is InChI=1S/C58H36N4/c1-3-16-39(17-4-1)50-35-51(40-18-5-2-6-19-40)60-58(59-50)43-27-26-42-33-44(30-28-41(42)32-43)61-53-24-12-11-23-47(53)48-34-49-56(36-55(48)61)62(52-25-13-20-37-14-7-9-21-45(37)52)54-31-29-38-15-8-10-22-46(38)57(49)54/h1-36H. The van der Waals surface area contributed by atoms with Crippen LogP contribution in [0.3, 0.4) is 0 Å². The van der Waals surface area contributed by atoms with Crippen molar-refractivity contribution < 1.29 is 0 Å². The molecule has 0 spiro atoms. The highest BCUT2D eigenvalue weighted by Gasteiger charge is 2.21. The lowest BCUT2D eigenvalue weighted by molar-refractivity contribution is 1.17. The minimum absolute atomic E-state index is 0.706. The first-order valence-corrected chi connectivity index (χ1v) is 21.2. The highest BCUT2D eigenvalue weighted by molar-refractivity contribution is 6.25. The molecule has 3 aromatic heterocycles. The second-order valence-electron chi connectivity index (χ2n) is 16.2. The summed E-state index contributed by atoms with van der Waals surface area (Å²) in [5.74, 6) is 0.706. The van der Waals surface area contributed by atoms with Gasteiger partial charge < -0.3 is 9.13 Å². The van der Waals surface area contributed by atoms with Gasteiger partial charge in [-0.3, -0.25) is 0 Å². The first kappa shape index (κ1) is 34.5. The molecule has 0 saturated carbocycles. The van der Waals surface area contributed by atoms with Gasteiger partial charge in [-0.05, 0) is 81.5 Å². The smallest absolute Gasteiger partial charge is 0.160 e. The van der Waals surface area contributed by atoms with E-state index in [1.54, 1.807) is 0 Å². The molecule has 13 aromatic rings. The molecule has 288 valence electrons. The Bertz CT molecular complexity index is 3850. The third-order valence-electron chi connectivity index (χ3n) is 12.7. The summed E-state index contributed by atoms with van der Waals surface area (Å²) in [5, 5.41) is 12.2. The Kier molecular flexibility index (Phi) is 7.57. The average molecular weight is 789 g/mol. The molecule has 0 unspecified atom stereocenters. The van der Waals surface area contributed by atoms with Crippen molar-refractivity contribution in [3.8, 4) is 45.3 Å². The van der Waals surface area contributed by atoms with Crippen molar-refractivity contribution in [2.45, 2.75) is 0 Å². The molecule has 0 radical (unpaired) electrons. The highest BCUT2D eigenvalue weighted by atomic mass is 15.0. The molecule has 10 aromatic carbocycles. The molecule has 4 nitrogen and oxygen atoms in total. The topological polar surface area (TPSA) is 35.6 Å². The molecule has 62 heavy (non-hydrogen) atoms. The lowest BCUT2D eigenvalue weighted by atomic mass is 10.0. The third kappa shape index (κ3) is 5.33. The molecule has 0 aliphatic carbocycles. The lowest BCUT2D eigenvalue weighted by Gasteiger charge is -2.13. The van der Waals surface area contributed by atoms with E-state index < -0.39 is 0 Å². The van der Waals surface area contributed by atoms with Crippen LogP contribution in [0.2, 0.25) is 0 Å². The van der Waals surface area contributed by atoms with Gasteiger partial charge in [0.05, 0.1) is 39.1 Å². The fourth-order valence-corrected chi connectivity index (χ4v) is 9.79. The summed E-state index contributed by atoms with van der Waals surface area (Å²) in [5.41, 5.74) is 11.9. The first-order chi connectivity index (χ1) is 30.7. The SMILES string of the molecule is c1ccc(-c2cc(-c3ccccc3)nc(-c3ccc4cc(-n5c6ccccc6c6cc7c8c9ccccc9ccc8n(-c8cccc9ccccc89)c7cc65)ccc4c3)n2)cc1. The molecule has 0 amide bonds. The Hall–Kier alpha value is -8.34. The molecule has 0 saturated heterocycles. The van der Waals surface area contributed by atoms with Gasteiger partial charge in [-0.2, -0.15) is 0 Å². The van der Waals surface area contributed by atoms with Crippen LogP contribution in [0.25, 0.3) is 121 Å². The van der Waals surface area contributed by atoms with Crippen LogP contribution >= 0.6 is 0 Å². The van der Waals surface area contributed by atoms with E-state index in [0.29, 0.717) is 5.82 Å². The zero-order valence-electron chi connectivity index (χ0n) is 33.6. The van der Waals surface area contributed by atoms with Gasteiger partial charge in [0, 0.05) is 49.3 Å². The van der Waals surface area contributed by atoms with Crippen LogP contribution < -0.4 is 0 Å². The van der Waals surface area contributed by atoms with E-state index >= 15 is 0 Å². The van der Waals surface area contributed by atoms with E-state index in [2.05, 4.69) is 215 Å². The summed E-state index contributed by atoms with van der Waals surface area (Å²) in [6, 6.07) is 78.6. The van der Waals surface area contributed by atoms with Gasteiger partial charge in [0.25, 0.3) is 0 Å². The maximum Gasteiger partial charge on any atom is 0.160 e. The Morgan fingerprint density at radius 1 is 0.290 bits per heavy atom. The van der Waals surface area contributed by atoms with Crippen molar-refractivity contribution in [1.29, 1.82) is 0 Å². The molecule has 13 rings (SSSR count). The van der Waals surface area contributed by atoms with Gasteiger partial charge in [-0.15, -0.1) is 0 Å². The van der Waals surface area contributed by atoms with E-state index in [9.17, 15) is 0 Å². The predicted octanol–water partition coefficient (Wildman–Crippen LogP) is 15.1. The van der Waals surface area contributed by atoms with Crippen LogP contribution in [0.4, 0.5) is 0 Å². The lowest BCUT2D eigenvalue weighted by Crippen LogP contribution is -1.97. The largest absolute Gasteiger partial charge is 0.309 e. The molecule has 3 heterocycles. The summed E-state index contributed by atoms with van der Waals surface area (Å²) in [7, 11) is 0. The van der Waals surface area contributed by atoms with Gasteiger partial charge >= 0.3 is 0 Å². The minimum Gasteiger partial charge on any atom is -0.309 e. The van der Waals surface area contributed by atoms with Crippen molar-refractivity contribution in [3.05, 3.63) is 218 Å². The van der Waals surface area contributed by atoms with Crippen LogP contribution in [0, 0.1) is 0 Å². The quantitative estimate of drug-likeness (QED) is 0.174. The van der Waals surface area contributed by atoms with Crippen molar-refractivity contribution in [1.82, 2.24) is 19.1 Å². The maximum atomic E-state index is 5.12. The molecule has 0 atom stereocenters. The Morgan fingerprint density at radius 2 is 0.887 bits per heavy atom. The number of aromatic nitrogens is 4. The van der Waals surface area contributed by atoms with E-state index in [4.69, 9.17) is 9.97 Å². The summed E-state index contributed by atoms with van der Waals surface area (Å²) < 4.78 is 4.93. The Labute approximate surface area is 357 Å². The molecular weight excluding hydrogens is 753 g/mol. The normalized spacial score (nSPS) is 11.9. The van der Waals surface area contributed by atoms with Crippen LogP contribution in [0.1, 0.15) is 0 Å². The molecule has 0 N–H and O–H groups in total. The van der Waals surface area contributed by atoms with Crippen LogP contribution in [-0.4, -0.2) is 19.1 Å². The van der Waals surface area contributed by atoms with Gasteiger partial charge in [-0.1, -0.05) is 164 Å². The summed E-state index contributed by atoms with van der Waals surface area (Å²) >= 11 is 0. The Balaban J connectivity index is 1.02. The van der Waals surface area contributed by atoms with E-state index in [-0.39, 0.29) is 0 Å². The molecule has 0 bridgehead atoms. The van der Waals surface area contributed by atoms with Crippen LogP contribution in [-0.2, 0) is 0 Å². The second kappa shape index (κ2) is 13.6. The maximum absolute atomic E-state index is 5.12. The number of hydrogen-bond donors (Lipinski definition) is 0. The molecular formula is C58H36N4. The first-order valence-electron chi connectivity index (χ1n) is 21.2. The molecule has 0 aliphatic rings. The summed E-state index contributed by atoms with van der Waals surface area (Å²) in [6.45, 7) is 0. The monoisotopic (exact) mass is 788 g/mol. The summed E-state index contributed by atoms with van der Waals surface area (Å²) in [6.07, 6.45) is 0. The van der Waals surface area contributed by atoms with Crippen molar-refractivity contribution >= 4 is 75.9 Å². The number of fused-ring (bicyclic) bond motifs is 10. The number of rotatable bonds is 5. The summed E-state index contributed by atoms with van der Waals surface area (Å²) in [4.78, 5) is 10.2. The van der Waals surface area contributed by atoms with Gasteiger partial charge in [0.2, 0.25) is 0 Å². The van der Waals surface area contributed by atoms with Crippen molar-refractivity contribution in [3.63, 3.8) is 0 Å². The molecule has 0 aliphatic heterocycles. The average Bonchev–Trinajstić information content (AvgIpc) is 3.85. The fourth-order valence-electron chi connectivity index (χ4n) is 9.79. The van der Waals surface area contributed by atoms with Gasteiger partial charge in [-0.25, -0.2) is 9.97 Å². The Morgan fingerprint density at radius 3 is 1.66 bits per heavy atom. The number of para-hydroxylation sites is 1. The zero-order chi connectivity index (χ0) is 40.7. The van der Waals surface area contributed by atoms with E-state index in [1.165, 1.54) is 70.8 Å². The van der Waals surface area contributed by atoms with E-state index in [1.807, 2.05) is 12.1 Å². The van der Waals surface area contributed by atoms with Gasteiger partial charge in [0.15, 0.2) is 5.82 Å². The third-order valence-corrected chi connectivity index (χ3v) is 12.7.